The third kappa shape index (κ3) is 1.32. The summed E-state index contributed by atoms with van der Waals surface area (Å²) in [5.74, 6) is 1.81. The van der Waals surface area contributed by atoms with Crippen LogP contribution in [0.5, 0.6) is 0 Å². The van der Waals surface area contributed by atoms with E-state index in [4.69, 9.17) is 0 Å². The molecule has 1 nitrogen and oxygen atoms in total. The Labute approximate surface area is 56.4 Å². The van der Waals surface area contributed by atoms with E-state index >= 15 is 0 Å². The zero-order valence-electron chi connectivity index (χ0n) is 6.18. The molecule has 1 aliphatic carbocycles. The molecule has 0 aromatic heterocycles. The summed E-state index contributed by atoms with van der Waals surface area (Å²) in [7, 11) is 0. The van der Waals surface area contributed by atoms with Gasteiger partial charge in [0.25, 0.3) is 0 Å². The van der Waals surface area contributed by atoms with Crippen LogP contribution in [0.2, 0.25) is 0 Å². The van der Waals surface area contributed by atoms with Gasteiger partial charge in [0.05, 0.1) is 0 Å². The maximum atomic E-state index is 10.8. The molecule has 0 aromatic carbocycles. The highest BCUT2D eigenvalue weighted by Crippen LogP contribution is 2.30. The fourth-order valence-corrected chi connectivity index (χ4v) is 1.65. The molecule has 1 aliphatic rings. The summed E-state index contributed by atoms with van der Waals surface area (Å²) in [5.41, 5.74) is 0. The van der Waals surface area contributed by atoms with Crippen molar-refractivity contribution in [1.82, 2.24) is 0 Å². The molecule has 0 radical (unpaired) electrons. The normalized spacial score (nSPS) is 35.6. The van der Waals surface area contributed by atoms with Crippen LogP contribution in [-0.2, 0) is 4.79 Å². The molecule has 1 fully saturated rings. The van der Waals surface area contributed by atoms with Gasteiger partial charge in [0.1, 0.15) is 5.78 Å². The van der Waals surface area contributed by atoms with Crippen LogP contribution in [0.3, 0.4) is 0 Å². The van der Waals surface area contributed by atoms with Crippen molar-refractivity contribution in [2.45, 2.75) is 33.1 Å². The number of ketones is 1. The van der Waals surface area contributed by atoms with Crippen LogP contribution < -0.4 is 0 Å². The Bertz CT molecular complexity index is 118. The molecule has 0 bridgehead atoms. The molecule has 0 amide bonds. The minimum atomic E-state index is 0.467. The van der Waals surface area contributed by atoms with Crippen LogP contribution in [0.15, 0.2) is 0 Å². The first-order chi connectivity index (χ1) is 4.24. The van der Waals surface area contributed by atoms with Crippen molar-refractivity contribution in [1.29, 1.82) is 0 Å². The van der Waals surface area contributed by atoms with Crippen molar-refractivity contribution in [3.05, 3.63) is 0 Å². The van der Waals surface area contributed by atoms with E-state index in [-0.39, 0.29) is 0 Å². The van der Waals surface area contributed by atoms with Gasteiger partial charge in [-0.25, -0.2) is 0 Å². The highest BCUT2D eigenvalue weighted by molar-refractivity contribution is 5.81. The minimum Gasteiger partial charge on any atom is -0.300 e. The lowest BCUT2D eigenvalue weighted by molar-refractivity contribution is -0.117. The molecule has 0 aromatic rings. The molecule has 0 unspecified atom stereocenters. The summed E-state index contributed by atoms with van der Waals surface area (Å²) >= 11 is 0. The summed E-state index contributed by atoms with van der Waals surface area (Å²) in [6.45, 7) is 4.35. The molecule has 1 heteroatoms. The molecular formula is C8H14O. The number of hydrogen-bond acceptors (Lipinski definition) is 1. The molecule has 9 heavy (non-hydrogen) atoms. The van der Waals surface area contributed by atoms with Crippen LogP contribution in [0.4, 0.5) is 0 Å². The Morgan fingerprint density at radius 3 is 2.44 bits per heavy atom. The molecule has 0 heterocycles. The predicted molar refractivity (Wildman–Crippen MR) is 37.2 cm³/mol. The van der Waals surface area contributed by atoms with E-state index in [1.165, 1.54) is 6.42 Å². The van der Waals surface area contributed by atoms with Gasteiger partial charge >= 0.3 is 0 Å². The van der Waals surface area contributed by atoms with Gasteiger partial charge in [0, 0.05) is 12.8 Å². The van der Waals surface area contributed by atoms with Crippen molar-refractivity contribution in [2.24, 2.45) is 11.8 Å². The third-order valence-electron chi connectivity index (χ3n) is 2.37. The molecule has 1 saturated carbocycles. The Kier molecular flexibility index (Phi) is 1.89. The minimum absolute atomic E-state index is 0.467. The Hall–Kier alpha value is -0.330. The summed E-state index contributed by atoms with van der Waals surface area (Å²) in [4.78, 5) is 10.8. The van der Waals surface area contributed by atoms with Gasteiger partial charge in [-0.15, -0.1) is 0 Å². The molecular weight excluding hydrogens is 112 g/mol. The predicted octanol–water partition coefficient (Wildman–Crippen LogP) is 2.01. The van der Waals surface area contributed by atoms with Crippen molar-refractivity contribution in [3.8, 4) is 0 Å². The summed E-state index contributed by atoms with van der Waals surface area (Å²) in [5, 5.41) is 0. The van der Waals surface area contributed by atoms with Crippen LogP contribution in [0.25, 0.3) is 0 Å². The Balaban J connectivity index is 2.47. The van der Waals surface area contributed by atoms with E-state index in [0.29, 0.717) is 17.6 Å². The molecule has 52 valence electrons. The first-order valence-corrected chi connectivity index (χ1v) is 3.75. The van der Waals surface area contributed by atoms with E-state index in [0.717, 1.165) is 12.8 Å². The van der Waals surface area contributed by atoms with Crippen LogP contribution in [0.1, 0.15) is 33.1 Å². The molecule has 1 rings (SSSR count). The molecule has 2 atom stereocenters. The SMILES string of the molecule is CC[C@H]1CC(=O)C[C@@H]1C. The largest absolute Gasteiger partial charge is 0.300 e. The van der Waals surface area contributed by atoms with Crippen LogP contribution >= 0.6 is 0 Å². The van der Waals surface area contributed by atoms with E-state index in [1.807, 2.05) is 0 Å². The average molecular weight is 126 g/mol. The van der Waals surface area contributed by atoms with Crippen LogP contribution in [-0.4, -0.2) is 5.78 Å². The van der Waals surface area contributed by atoms with E-state index in [1.54, 1.807) is 0 Å². The van der Waals surface area contributed by atoms with Gasteiger partial charge in [-0.1, -0.05) is 20.3 Å². The monoisotopic (exact) mass is 126 g/mol. The fraction of sp³-hybridized carbons (Fsp3) is 0.875. The zero-order valence-corrected chi connectivity index (χ0v) is 6.18. The Morgan fingerprint density at radius 1 is 1.56 bits per heavy atom. The summed E-state index contributed by atoms with van der Waals surface area (Å²) < 4.78 is 0. The zero-order chi connectivity index (χ0) is 6.85. The lowest BCUT2D eigenvalue weighted by Gasteiger charge is -2.08. The quantitative estimate of drug-likeness (QED) is 0.525. The molecule has 0 saturated heterocycles. The van der Waals surface area contributed by atoms with Gasteiger partial charge in [0.2, 0.25) is 0 Å². The second kappa shape index (κ2) is 2.51. The number of carbonyl (C=O) groups is 1. The van der Waals surface area contributed by atoms with Gasteiger partial charge < -0.3 is 0 Å². The molecule has 0 spiro atoms. The highest BCUT2D eigenvalue weighted by atomic mass is 16.1. The highest BCUT2D eigenvalue weighted by Gasteiger charge is 2.27. The lowest BCUT2D eigenvalue weighted by atomic mass is 9.96. The first-order valence-electron chi connectivity index (χ1n) is 3.75. The average Bonchev–Trinajstić information content (AvgIpc) is 2.10. The lowest BCUT2D eigenvalue weighted by Crippen LogP contribution is -2.00. The second-order valence-corrected chi connectivity index (χ2v) is 3.09. The number of Topliss-reactive ketones (excluding diaryl/α,β-unsaturated/α-hetero) is 1. The fourth-order valence-electron chi connectivity index (χ4n) is 1.65. The van der Waals surface area contributed by atoms with Gasteiger partial charge in [-0.2, -0.15) is 0 Å². The van der Waals surface area contributed by atoms with Gasteiger partial charge in [-0.3, -0.25) is 4.79 Å². The third-order valence-corrected chi connectivity index (χ3v) is 2.37. The summed E-state index contributed by atoms with van der Waals surface area (Å²) in [6, 6.07) is 0. The van der Waals surface area contributed by atoms with Gasteiger partial charge in [0.15, 0.2) is 0 Å². The number of hydrogen-bond donors (Lipinski definition) is 0. The standard InChI is InChI=1S/C8H14O/c1-3-7-5-8(9)4-6(7)2/h6-7H,3-5H2,1-2H3/t6-,7-/m0/s1. The van der Waals surface area contributed by atoms with Crippen molar-refractivity contribution >= 4 is 5.78 Å². The van der Waals surface area contributed by atoms with E-state index < -0.39 is 0 Å². The molecule has 0 aliphatic heterocycles. The maximum Gasteiger partial charge on any atom is 0.133 e. The number of carbonyl (C=O) groups excluding carboxylic acids is 1. The maximum absolute atomic E-state index is 10.8. The van der Waals surface area contributed by atoms with E-state index in [9.17, 15) is 4.79 Å². The van der Waals surface area contributed by atoms with Crippen molar-refractivity contribution in [3.63, 3.8) is 0 Å². The van der Waals surface area contributed by atoms with Gasteiger partial charge in [-0.05, 0) is 11.8 Å². The Morgan fingerprint density at radius 2 is 2.22 bits per heavy atom. The number of rotatable bonds is 1. The first kappa shape index (κ1) is 6.79. The van der Waals surface area contributed by atoms with Crippen molar-refractivity contribution in [2.75, 3.05) is 0 Å². The smallest absolute Gasteiger partial charge is 0.133 e. The second-order valence-electron chi connectivity index (χ2n) is 3.09. The van der Waals surface area contributed by atoms with Crippen LogP contribution in [0, 0.1) is 11.8 Å². The molecule has 0 N–H and O–H groups in total. The van der Waals surface area contributed by atoms with Crippen molar-refractivity contribution < 1.29 is 4.79 Å². The van der Waals surface area contributed by atoms with E-state index in [2.05, 4.69) is 13.8 Å². The summed E-state index contributed by atoms with van der Waals surface area (Å²) in [6.07, 6.45) is 2.85. The topological polar surface area (TPSA) is 17.1 Å².